The minimum atomic E-state index is 0.273. The lowest BCUT2D eigenvalue weighted by molar-refractivity contribution is 0.216. The average molecular weight is 348 g/mol. The highest BCUT2D eigenvalue weighted by molar-refractivity contribution is 6.01. The summed E-state index contributed by atoms with van der Waals surface area (Å²) in [6, 6.07) is 6.09. The summed E-state index contributed by atoms with van der Waals surface area (Å²) in [5, 5.41) is 13.4. The van der Waals surface area contributed by atoms with Crippen LogP contribution in [0.15, 0.2) is 36.8 Å². The van der Waals surface area contributed by atoms with Crippen molar-refractivity contribution in [2.24, 2.45) is 0 Å². The van der Waals surface area contributed by atoms with Crippen LogP contribution in [0, 0.1) is 0 Å². The molecule has 0 bridgehead atoms. The van der Waals surface area contributed by atoms with Crippen molar-refractivity contribution in [1.29, 1.82) is 0 Å². The number of hydrogen-bond acceptors (Lipinski definition) is 5. The largest absolute Gasteiger partial charge is 0.369 e. The zero-order valence-corrected chi connectivity index (χ0v) is 14.9. The number of fused-ring (bicyclic) bond motifs is 1. The Balaban J connectivity index is 1.57. The molecule has 1 spiro atoms. The number of nitrogens with one attached hydrogen (secondary N) is 2. The van der Waals surface area contributed by atoms with Crippen molar-refractivity contribution in [1.82, 2.24) is 25.5 Å². The highest BCUT2D eigenvalue weighted by atomic mass is 15.2. The molecule has 6 heteroatoms. The predicted octanol–water partition coefficient (Wildman–Crippen LogP) is 3.13. The van der Waals surface area contributed by atoms with Gasteiger partial charge in [-0.05, 0) is 50.4 Å². The van der Waals surface area contributed by atoms with Gasteiger partial charge in [-0.3, -0.25) is 0 Å². The van der Waals surface area contributed by atoms with E-state index in [1.807, 2.05) is 24.5 Å². The Hall–Kier alpha value is -2.47. The maximum Gasteiger partial charge on any atom is 0.140 e. The minimum Gasteiger partial charge on any atom is -0.369 e. The number of pyridine rings is 1. The first-order valence-electron chi connectivity index (χ1n) is 9.59. The van der Waals surface area contributed by atoms with Crippen molar-refractivity contribution in [2.45, 2.75) is 37.6 Å². The molecule has 0 saturated carbocycles. The Morgan fingerprint density at radius 2 is 2.04 bits per heavy atom. The summed E-state index contributed by atoms with van der Waals surface area (Å²) in [5.74, 6) is 0. The first-order valence-corrected chi connectivity index (χ1v) is 9.59. The molecule has 2 saturated heterocycles. The monoisotopic (exact) mass is 348 g/mol. The summed E-state index contributed by atoms with van der Waals surface area (Å²) < 4.78 is 0. The Labute approximate surface area is 153 Å². The fourth-order valence-electron chi connectivity index (χ4n) is 4.67. The van der Waals surface area contributed by atoms with E-state index < -0.39 is 0 Å². The smallest absolute Gasteiger partial charge is 0.140 e. The van der Waals surface area contributed by atoms with E-state index in [1.54, 1.807) is 6.20 Å². The molecule has 2 fully saturated rings. The van der Waals surface area contributed by atoms with E-state index in [1.165, 1.54) is 37.8 Å². The van der Waals surface area contributed by atoms with Crippen LogP contribution in [0.4, 0.5) is 5.69 Å². The topological polar surface area (TPSA) is 69.7 Å². The molecule has 2 N–H and O–H groups in total. The van der Waals surface area contributed by atoms with Gasteiger partial charge in [-0.25, -0.2) is 4.98 Å². The normalized spacial score (nSPS) is 23.6. The van der Waals surface area contributed by atoms with Gasteiger partial charge in [0.05, 0.1) is 16.8 Å². The van der Waals surface area contributed by atoms with Gasteiger partial charge in [0.1, 0.15) is 5.65 Å². The van der Waals surface area contributed by atoms with Crippen molar-refractivity contribution in [3.05, 3.63) is 36.8 Å². The lowest BCUT2D eigenvalue weighted by Crippen LogP contribution is -2.59. The summed E-state index contributed by atoms with van der Waals surface area (Å²) in [6.45, 7) is 3.30. The Bertz CT molecular complexity index is 892. The highest BCUT2D eigenvalue weighted by Gasteiger charge is 2.36. The molecule has 0 amide bonds. The second-order valence-corrected chi connectivity index (χ2v) is 7.55. The number of rotatable bonds is 2. The second-order valence-electron chi connectivity index (χ2n) is 7.55. The van der Waals surface area contributed by atoms with E-state index in [0.717, 1.165) is 41.9 Å². The van der Waals surface area contributed by atoms with Gasteiger partial charge in [0.2, 0.25) is 0 Å². The van der Waals surface area contributed by atoms with Gasteiger partial charge in [-0.1, -0.05) is 6.42 Å². The van der Waals surface area contributed by atoms with Crippen LogP contribution in [0.1, 0.15) is 32.1 Å². The van der Waals surface area contributed by atoms with Crippen LogP contribution in [0.3, 0.4) is 0 Å². The maximum absolute atomic E-state index is 4.54. The van der Waals surface area contributed by atoms with Crippen LogP contribution >= 0.6 is 0 Å². The lowest BCUT2D eigenvalue weighted by atomic mass is 9.81. The quantitative estimate of drug-likeness (QED) is 0.745. The van der Waals surface area contributed by atoms with E-state index in [9.17, 15) is 0 Å². The average Bonchev–Trinajstić information content (AvgIpc) is 3.14. The number of piperidine rings is 2. The lowest BCUT2D eigenvalue weighted by Gasteiger charge is -2.47. The Kier molecular flexibility index (Phi) is 3.85. The third kappa shape index (κ3) is 2.65. The fourth-order valence-corrected chi connectivity index (χ4v) is 4.67. The molecule has 6 nitrogen and oxygen atoms in total. The highest BCUT2D eigenvalue weighted by Crippen LogP contribution is 2.37. The van der Waals surface area contributed by atoms with Gasteiger partial charge < -0.3 is 15.2 Å². The van der Waals surface area contributed by atoms with Crippen molar-refractivity contribution in [3.8, 4) is 11.3 Å². The molecule has 3 aromatic rings. The number of H-pyrrole nitrogens is 1. The molecular weight excluding hydrogens is 324 g/mol. The molecule has 26 heavy (non-hydrogen) atoms. The van der Waals surface area contributed by atoms with Crippen LogP contribution in [0.5, 0.6) is 0 Å². The zero-order valence-electron chi connectivity index (χ0n) is 14.9. The van der Waals surface area contributed by atoms with Crippen molar-refractivity contribution in [3.63, 3.8) is 0 Å². The third-order valence-electron chi connectivity index (χ3n) is 5.90. The summed E-state index contributed by atoms with van der Waals surface area (Å²) in [4.78, 5) is 10.4. The number of hydrogen-bond donors (Lipinski definition) is 2. The fraction of sp³-hybridized carbons (Fsp3) is 0.450. The maximum atomic E-state index is 4.54. The molecule has 2 aliphatic heterocycles. The Morgan fingerprint density at radius 1 is 1.08 bits per heavy atom. The van der Waals surface area contributed by atoms with Gasteiger partial charge in [-0.2, -0.15) is 10.2 Å². The molecule has 2 aliphatic rings. The molecule has 0 aromatic carbocycles. The summed E-state index contributed by atoms with van der Waals surface area (Å²) >= 11 is 0. The van der Waals surface area contributed by atoms with Crippen molar-refractivity contribution < 1.29 is 0 Å². The van der Waals surface area contributed by atoms with E-state index >= 15 is 0 Å². The minimum absolute atomic E-state index is 0.273. The van der Waals surface area contributed by atoms with Gasteiger partial charge >= 0.3 is 0 Å². The molecule has 0 aliphatic carbocycles. The molecule has 3 aromatic heterocycles. The van der Waals surface area contributed by atoms with E-state index in [-0.39, 0.29) is 5.54 Å². The van der Waals surface area contributed by atoms with Gasteiger partial charge in [0.15, 0.2) is 0 Å². The van der Waals surface area contributed by atoms with E-state index in [4.69, 9.17) is 0 Å². The Morgan fingerprint density at radius 3 is 2.88 bits per heavy atom. The molecule has 1 atom stereocenters. The second kappa shape index (κ2) is 6.36. The van der Waals surface area contributed by atoms with E-state index in [0.29, 0.717) is 0 Å². The van der Waals surface area contributed by atoms with Crippen molar-refractivity contribution in [2.75, 3.05) is 24.5 Å². The van der Waals surface area contributed by atoms with Crippen LogP contribution < -0.4 is 10.2 Å². The van der Waals surface area contributed by atoms with Crippen LogP contribution in [0.2, 0.25) is 0 Å². The number of anilines is 1. The SMILES string of the molecule is c1cnnc(-c2c[nH]c3nccc(N4CCCC5(CCCCN5)C4)c23)c1. The number of aromatic amines is 1. The molecular formula is C20H24N6. The molecule has 5 heterocycles. The summed E-state index contributed by atoms with van der Waals surface area (Å²) in [5.41, 5.74) is 4.40. The van der Waals surface area contributed by atoms with E-state index in [2.05, 4.69) is 36.4 Å². The van der Waals surface area contributed by atoms with Crippen LogP contribution in [-0.4, -0.2) is 45.3 Å². The molecule has 5 rings (SSSR count). The third-order valence-corrected chi connectivity index (χ3v) is 5.90. The number of nitrogens with zero attached hydrogens (tertiary/aromatic N) is 4. The van der Waals surface area contributed by atoms with Gasteiger partial charge in [-0.15, -0.1) is 0 Å². The molecule has 134 valence electrons. The first-order chi connectivity index (χ1) is 12.8. The van der Waals surface area contributed by atoms with Crippen LogP contribution in [-0.2, 0) is 0 Å². The summed E-state index contributed by atoms with van der Waals surface area (Å²) in [6.07, 6.45) is 12.0. The summed E-state index contributed by atoms with van der Waals surface area (Å²) in [7, 11) is 0. The van der Waals surface area contributed by atoms with Gasteiger partial charge in [0.25, 0.3) is 0 Å². The first kappa shape index (κ1) is 15.8. The van der Waals surface area contributed by atoms with Crippen LogP contribution in [0.25, 0.3) is 22.3 Å². The standard InChI is InChI=1S/C20H24N6/c1-2-9-23-20(7-1)8-4-12-26(14-20)17-6-11-21-19-18(17)15(13-22-19)16-5-3-10-24-25-16/h3,5-6,10-11,13,23H,1-2,4,7-9,12,14H2,(H,21,22). The molecule has 0 radical (unpaired) electrons. The molecule has 1 unspecified atom stereocenters. The zero-order chi connectivity index (χ0) is 17.4. The number of aromatic nitrogens is 4. The van der Waals surface area contributed by atoms with Gasteiger partial charge in [0, 0.05) is 42.8 Å². The predicted molar refractivity (Wildman–Crippen MR) is 103 cm³/mol. The van der Waals surface area contributed by atoms with Crippen molar-refractivity contribution >= 4 is 16.7 Å².